The number of hydrogen-bond acceptors (Lipinski definition) is 1. The average Bonchev–Trinajstić information content (AvgIpc) is 2.17. The first kappa shape index (κ1) is 16.1. The van der Waals surface area contributed by atoms with Crippen molar-refractivity contribution in [2.75, 3.05) is 32.8 Å². The molecule has 0 unspecified atom stereocenters. The fourth-order valence-electron chi connectivity index (χ4n) is 1.32. The Morgan fingerprint density at radius 1 is 1.29 bits per heavy atom. The van der Waals surface area contributed by atoms with Crippen molar-refractivity contribution in [1.29, 1.82) is 0 Å². The highest BCUT2D eigenvalue weighted by molar-refractivity contribution is 4.99. The maximum absolute atomic E-state index is 8.54. The molecule has 0 aliphatic rings. The van der Waals surface area contributed by atoms with Gasteiger partial charge in [0.25, 0.3) is 0 Å². The zero-order valence-corrected chi connectivity index (χ0v) is 10.7. The number of nitrogens with zero attached hydrogens (tertiary/aromatic N) is 1. The van der Waals surface area contributed by atoms with Crippen molar-refractivity contribution in [2.45, 2.75) is 13.8 Å². The Balaban J connectivity index is 0. The van der Waals surface area contributed by atoms with Gasteiger partial charge in [-0.05, 0) is 25.8 Å². The fraction of sp³-hybridized carbons (Fsp3) is 0.636. The van der Waals surface area contributed by atoms with Crippen LogP contribution < -0.4 is 17.0 Å². The van der Waals surface area contributed by atoms with Crippen LogP contribution in [-0.2, 0) is 0 Å². The van der Waals surface area contributed by atoms with Gasteiger partial charge in [-0.1, -0.05) is 12.5 Å². The Hall–Kier alpha value is -0.300. The van der Waals surface area contributed by atoms with E-state index >= 15 is 0 Å². The maximum atomic E-state index is 8.54. The lowest BCUT2D eigenvalue weighted by Gasteiger charge is -2.33. The number of hydrogen-bond donors (Lipinski definition) is 1. The molecule has 0 fully saturated rings. The van der Waals surface area contributed by atoms with Crippen LogP contribution in [0.3, 0.4) is 0 Å². The zero-order chi connectivity index (χ0) is 10.2. The predicted molar refractivity (Wildman–Crippen MR) is 56.1 cm³/mol. The smallest absolute Gasteiger partial charge is 0.141 e. The molecule has 0 amide bonds. The van der Waals surface area contributed by atoms with Crippen molar-refractivity contribution in [3.8, 4) is 11.8 Å². The molecule has 2 nitrogen and oxygen atoms in total. The molecule has 0 aromatic heterocycles. The molecular weight excluding hydrogens is 242 g/mol. The van der Waals surface area contributed by atoms with E-state index in [9.17, 15) is 0 Å². The third-order valence-electron chi connectivity index (χ3n) is 2.48. The van der Waals surface area contributed by atoms with Crippen molar-refractivity contribution in [1.82, 2.24) is 0 Å². The van der Waals surface area contributed by atoms with E-state index in [4.69, 9.17) is 5.11 Å². The highest BCUT2D eigenvalue weighted by atomic mass is 79.9. The summed E-state index contributed by atoms with van der Waals surface area (Å²) in [5.41, 5.74) is 0. The minimum Gasteiger partial charge on any atom is -1.00 e. The standard InChI is InChI=1S/C11H20NO.BrH/c1-4-9-12(5-2,6-3)10-7-8-11-13;/h4,13H,1,5-6,9-11H2,2-3H3;1H/q+1;/p-1. The molecule has 1 N–H and O–H groups in total. The molecule has 82 valence electrons. The summed E-state index contributed by atoms with van der Waals surface area (Å²) in [7, 11) is 0. The highest BCUT2D eigenvalue weighted by Gasteiger charge is 2.19. The van der Waals surface area contributed by atoms with Gasteiger partial charge >= 0.3 is 0 Å². The van der Waals surface area contributed by atoms with E-state index in [1.54, 1.807) is 0 Å². The van der Waals surface area contributed by atoms with E-state index in [0.29, 0.717) is 0 Å². The summed E-state index contributed by atoms with van der Waals surface area (Å²) in [4.78, 5) is 0. The van der Waals surface area contributed by atoms with E-state index < -0.39 is 0 Å². The topological polar surface area (TPSA) is 20.2 Å². The molecule has 0 radical (unpaired) electrons. The molecule has 3 heteroatoms. The van der Waals surface area contributed by atoms with Gasteiger partial charge in [0.15, 0.2) is 0 Å². The van der Waals surface area contributed by atoms with Gasteiger partial charge in [-0.15, -0.1) is 0 Å². The number of aliphatic hydroxyl groups excluding tert-OH is 1. The van der Waals surface area contributed by atoms with E-state index in [1.807, 2.05) is 6.08 Å². The van der Waals surface area contributed by atoms with Gasteiger partial charge in [-0.25, -0.2) is 0 Å². The van der Waals surface area contributed by atoms with Crippen LogP contribution in [0.2, 0.25) is 0 Å². The van der Waals surface area contributed by atoms with Crippen LogP contribution in [0.15, 0.2) is 12.7 Å². The van der Waals surface area contributed by atoms with E-state index in [1.165, 1.54) is 0 Å². The number of quaternary nitrogens is 1. The van der Waals surface area contributed by atoms with Gasteiger partial charge in [0, 0.05) is 0 Å². The van der Waals surface area contributed by atoms with Crippen LogP contribution in [0, 0.1) is 11.8 Å². The van der Waals surface area contributed by atoms with Gasteiger partial charge in [-0.2, -0.15) is 0 Å². The summed E-state index contributed by atoms with van der Waals surface area (Å²) < 4.78 is 0.941. The second-order valence-electron chi connectivity index (χ2n) is 3.12. The Bertz CT molecular complexity index is 201. The van der Waals surface area contributed by atoms with Gasteiger partial charge < -0.3 is 26.6 Å². The van der Waals surface area contributed by atoms with Gasteiger partial charge in [-0.3, -0.25) is 0 Å². The second kappa shape index (κ2) is 9.26. The third-order valence-corrected chi connectivity index (χ3v) is 2.48. The van der Waals surface area contributed by atoms with Crippen molar-refractivity contribution in [3.05, 3.63) is 12.7 Å². The fourth-order valence-corrected chi connectivity index (χ4v) is 1.32. The maximum Gasteiger partial charge on any atom is 0.141 e. The first-order valence-corrected chi connectivity index (χ1v) is 4.77. The van der Waals surface area contributed by atoms with Gasteiger partial charge in [0.2, 0.25) is 0 Å². The molecular formula is C11H20BrNO. The summed E-state index contributed by atoms with van der Waals surface area (Å²) in [6.45, 7) is 11.9. The highest BCUT2D eigenvalue weighted by Crippen LogP contribution is 2.04. The third kappa shape index (κ3) is 5.43. The summed E-state index contributed by atoms with van der Waals surface area (Å²) in [6, 6.07) is 0. The Labute approximate surface area is 98.0 Å². The van der Waals surface area contributed by atoms with Crippen LogP contribution in [0.5, 0.6) is 0 Å². The molecule has 0 bridgehead atoms. The van der Waals surface area contributed by atoms with Crippen LogP contribution in [0.25, 0.3) is 0 Å². The summed E-state index contributed by atoms with van der Waals surface area (Å²) in [5.74, 6) is 5.67. The Morgan fingerprint density at radius 2 is 1.86 bits per heavy atom. The average molecular weight is 262 g/mol. The number of aliphatic hydroxyl groups is 1. The van der Waals surface area contributed by atoms with E-state index in [-0.39, 0.29) is 23.6 Å². The lowest BCUT2D eigenvalue weighted by atomic mass is 10.3. The molecule has 0 aromatic carbocycles. The number of likely N-dealkylation sites (N-methyl/N-ethyl adjacent to an activating group) is 1. The summed E-state index contributed by atoms with van der Waals surface area (Å²) >= 11 is 0. The Kier molecular flexibility index (Phi) is 10.7. The SMILES string of the molecule is C=CC[N+](CC)(CC)CC#CCO.[Br-]. The first-order valence-electron chi connectivity index (χ1n) is 4.77. The quantitative estimate of drug-likeness (QED) is 0.346. The van der Waals surface area contributed by atoms with E-state index in [0.717, 1.165) is 30.7 Å². The minimum absolute atomic E-state index is 0. The largest absolute Gasteiger partial charge is 1.00 e. The summed E-state index contributed by atoms with van der Waals surface area (Å²) in [5, 5.41) is 8.54. The summed E-state index contributed by atoms with van der Waals surface area (Å²) in [6.07, 6.45) is 1.94. The lowest BCUT2D eigenvalue weighted by molar-refractivity contribution is -0.912. The predicted octanol–water partition coefficient (Wildman–Crippen LogP) is -1.97. The van der Waals surface area contributed by atoms with Gasteiger partial charge in [0.05, 0.1) is 19.6 Å². The van der Waals surface area contributed by atoms with Crippen LogP contribution in [0.1, 0.15) is 13.8 Å². The molecule has 0 heterocycles. The normalized spacial score (nSPS) is 9.64. The zero-order valence-electron chi connectivity index (χ0n) is 9.09. The van der Waals surface area contributed by atoms with Crippen molar-refractivity contribution in [3.63, 3.8) is 0 Å². The molecule has 0 aliphatic carbocycles. The molecule has 0 saturated heterocycles. The molecule has 0 rings (SSSR count). The van der Waals surface area contributed by atoms with Crippen LogP contribution >= 0.6 is 0 Å². The molecule has 0 saturated carbocycles. The van der Waals surface area contributed by atoms with Crippen molar-refractivity contribution in [2.24, 2.45) is 0 Å². The second-order valence-corrected chi connectivity index (χ2v) is 3.12. The molecule has 0 aliphatic heterocycles. The first-order chi connectivity index (χ1) is 6.24. The minimum atomic E-state index is -0.0402. The number of rotatable bonds is 5. The number of halogens is 1. The molecule has 0 spiro atoms. The van der Waals surface area contributed by atoms with E-state index in [2.05, 4.69) is 32.3 Å². The molecule has 14 heavy (non-hydrogen) atoms. The van der Waals surface area contributed by atoms with Crippen molar-refractivity contribution < 1.29 is 26.6 Å². The lowest BCUT2D eigenvalue weighted by Crippen LogP contribution is -3.00. The van der Waals surface area contributed by atoms with Crippen LogP contribution in [-0.4, -0.2) is 42.4 Å². The monoisotopic (exact) mass is 261 g/mol. The molecule has 0 aromatic rings. The van der Waals surface area contributed by atoms with Crippen molar-refractivity contribution >= 4 is 0 Å². The van der Waals surface area contributed by atoms with Gasteiger partial charge in [0.1, 0.15) is 13.2 Å². The van der Waals surface area contributed by atoms with Crippen LogP contribution in [0.4, 0.5) is 0 Å². The molecule has 0 atom stereocenters. The Morgan fingerprint density at radius 3 is 2.21 bits per heavy atom.